The quantitative estimate of drug-likeness (QED) is 0.759. The molecule has 0 aromatic heterocycles. The molecule has 7 heteroatoms. The second-order valence-corrected chi connectivity index (χ2v) is 6.90. The molecule has 0 radical (unpaired) electrons. The molecule has 5 nitrogen and oxygen atoms in total. The van der Waals surface area contributed by atoms with Gasteiger partial charge in [-0.15, -0.1) is 11.6 Å². The minimum atomic E-state index is -3.37. The molecule has 0 heterocycles. The molecule has 1 rings (SSSR count). The van der Waals surface area contributed by atoms with E-state index in [0.717, 1.165) is 0 Å². The van der Waals surface area contributed by atoms with Crippen molar-refractivity contribution in [2.45, 2.75) is 20.3 Å². The van der Waals surface area contributed by atoms with E-state index in [4.69, 9.17) is 11.6 Å². The number of benzene rings is 1. The molecule has 1 amide bonds. The average Bonchev–Trinajstić information content (AvgIpc) is 2.38. The zero-order valence-electron chi connectivity index (χ0n) is 11.5. The molecular formula is C13H19ClN2O3S. The van der Waals surface area contributed by atoms with E-state index >= 15 is 0 Å². The van der Waals surface area contributed by atoms with Crippen molar-refractivity contribution in [3.05, 3.63) is 24.3 Å². The lowest BCUT2D eigenvalue weighted by molar-refractivity contribution is -0.118. The Morgan fingerprint density at radius 1 is 1.20 bits per heavy atom. The maximum absolute atomic E-state index is 11.7. The van der Waals surface area contributed by atoms with Crippen LogP contribution in [0.4, 0.5) is 11.4 Å². The Labute approximate surface area is 124 Å². The third kappa shape index (κ3) is 5.79. The van der Waals surface area contributed by atoms with E-state index in [-0.39, 0.29) is 17.6 Å². The molecule has 0 saturated carbocycles. The molecule has 0 fully saturated rings. The lowest BCUT2D eigenvalue weighted by Crippen LogP contribution is -2.18. The van der Waals surface area contributed by atoms with Gasteiger partial charge >= 0.3 is 0 Å². The summed E-state index contributed by atoms with van der Waals surface area (Å²) in [5.41, 5.74) is 1.09. The molecule has 0 aliphatic rings. The number of alkyl halides is 1. The highest BCUT2D eigenvalue weighted by Gasteiger charge is 2.10. The molecule has 2 N–H and O–H groups in total. The van der Waals surface area contributed by atoms with Crippen LogP contribution in [0.1, 0.15) is 20.3 Å². The van der Waals surface area contributed by atoms with Gasteiger partial charge in [0.2, 0.25) is 15.9 Å². The van der Waals surface area contributed by atoms with E-state index in [2.05, 4.69) is 10.0 Å². The van der Waals surface area contributed by atoms with E-state index in [9.17, 15) is 13.2 Å². The molecular weight excluding hydrogens is 300 g/mol. The Kier molecular flexibility index (Phi) is 6.29. The summed E-state index contributed by atoms with van der Waals surface area (Å²) in [6.07, 6.45) is 0.402. The number of rotatable bonds is 7. The van der Waals surface area contributed by atoms with Gasteiger partial charge < -0.3 is 5.32 Å². The number of anilines is 2. The van der Waals surface area contributed by atoms with Crippen molar-refractivity contribution >= 4 is 38.9 Å². The van der Waals surface area contributed by atoms with Crippen molar-refractivity contribution < 1.29 is 13.2 Å². The molecule has 0 atom stereocenters. The lowest BCUT2D eigenvalue weighted by atomic mass is 10.2. The Hall–Kier alpha value is -1.27. The van der Waals surface area contributed by atoms with Crippen molar-refractivity contribution in [3.63, 3.8) is 0 Å². The number of carbonyl (C=O) groups is 1. The van der Waals surface area contributed by atoms with Gasteiger partial charge in [0.1, 0.15) is 0 Å². The molecule has 0 unspecified atom stereocenters. The van der Waals surface area contributed by atoms with Crippen molar-refractivity contribution in [2.24, 2.45) is 5.92 Å². The highest BCUT2D eigenvalue weighted by molar-refractivity contribution is 7.92. The topological polar surface area (TPSA) is 75.3 Å². The van der Waals surface area contributed by atoms with Gasteiger partial charge in [-0.1, -0.05) is 13.8 Å². The van der Waals surface area contributed by atoms with Gasteiger partial charge in [-0.2, -0.15) is 0 Å². The molecule has 0 saturated heterocycles. The summed E-state index contributed by atoms with van der Waals surface area (Å²) in [4.78, 5) is 11.5. The van der Waals surface area contributed by atoms with Crippen LogP contribution < -0.4 is 10.0 Å². The maximum atomic E-state index is 11.7. The zero-order valence-corrected chi connectivity index (χ0v) is 13.1. The van der Waals surface area contributed by atoms with Crippen molar-refractivity contribution in [3.8, 4) is 0 Å². The number of nitrogens with one attached hydrogen (secondary N) is 2. The number of sulfonamides is 1. The van der Waals surface area contributed by atoms with E-state index < -0.39 is 10.0 Å². The lowest BCUT2D eigenvalue weighted by Gasteiger charge is -2.10. The van der Waals surface area contributed by atoms with Crippen LogP contribution >= 0.6 is 11.6 Å². The van der Waals surface area contributed by atoms with Crippen LogP contribution in [0.3, 0.4) is 0 Å². The van der Waals surface area contributed by atoms with Gasteiger partial charge in [-0.25, -0.2) is 8.42 Å². The summed E-state index contributed by atoms with van der Waals surface area (Å²) in [5.74, 6) is 0.104. The summed E-state index contributed by atoms with van der Waals surface area (Å²) < 4.78 is 25.8. The molecule has 0 aliphatic carbocycles. The van der Waals surface area contributed by atoms with Gasteiger partial charge in [-0.05, 0) is 30.7 Å². The highest BCUT2D eigenvalue weighted by atomic mass is 35.5. The van der Waals surface area contributed by atoms with Crippen molar-refractivity contribution in [2.75, 3.05) is 21.7 Å². The third-order valence-electron chi connectivity index (χ3n) is 2.50. The Morgan fingerprint density at radius 3 is 2.25 bits per heavy atom. The minimum Gasteiger partial charge on any atom is -0.326 e. The van der Waals surface area contributed by atoms with Crippen LogP contribution in [0.2, 0.25) is 0 Å². The predicted octanol–water partition coefficient (Wildman–Crippen LogP) is 2.65. The molecule has 1 aromatic carbocycles. The van der Waals surface area contributed by atoms with Crippen LogP contribution in [-0.4, -0.2) is 26.0 Å². The van der Waals surface area contributed by atoms with Crippen LogP contribution in [0.15, 0.2) is 24.3 Å². The maximum Gasteiger partial charge on any atom is 0.232 e. The predicted molar refractivity (Wildman–Crippen MR) is 82.7 cm³/mol. The molecule has 112 valence electrons. The molecule has 0 spiro atoms. The fraction of sp³-hybridized carbons (Fsp3) is 0.462. The first-order valence-electron chi connectivity index (χ1n) is 6.31. The first kappa shape index (κ1) is 16.8. The molecule has 0 bridgehead atoms. The highest BCUT2D eigenvalue weighted by Crippen LogP contribution is 2.16. The van der Waals surface area contributed by atoms with Gasteiger partial charge in [0.15, 0.2) is 0 Å². The summed E-state index contributed by atoms with van der Waals surface area (Å²) in [6.45, 7) is 3.60. The van der Waals surface area contributed by atoms with Gasteiger partial charge in [0, 0.05) is 23.2 Å². The summed E-state index contributed by atoms with van der Waals surface area (Å²) >= 11 is 5.47. The second-order valence-electron chi connectivity index (χ2n) is 4.68. The smallest absolute Gasteiger partial charge is 0.232 e. The number of halogens is 1. The Bertz CT molecular complexity index is 541. The SMILES string of the molecule is CC(C)C(=O)Nc1ccc(NS(=O)(=O)CCCCl)cc1. The van der Waals surface area contributed by atoms with E-state index in [0.29, 0.717) is 23.7 Å². The van der Waals surface area contributed by atoms with E-state index in [1.165, 1.54) is 0 Å². The summed E-state index contributed by atoms with van der Waals surface area (Å²) in [7, 11) is -3.37. The fourth-order valence-electron chi connectivity index (χ4n) is 1.38. The Balaban J connectivity index is 2.65. The number of hydrogen-bond donors (Lipinski definition) is 2. The van der Waals surface area contributed by atoms with Crippen LogP contribution in [-0.2, 0) is 14.8 Å². The van der Waals surface area contributed by atoms with Gasteiger partial charge in [-0.3, -0.25) is 9.52 Å². The van der Waals surface area contributed by atoms with Crippen LogP contribution in [0, 0.1) is 5.92 Å². The van der Waals surface area contributed by atoms with E-state index in [1.807, 2.05) is 0 Å². The first-order valence-corrected chi connectivity index (χ1v) is 8.50. The molecule has 20 heavy (non-hydrogen) atoms. The van der Waals surface area contributed by atoms with Crippen molar-refractivity contribution in [1.29, 1.82) is 0 Å². The third-order valence-corrected chi connectivity index (χ3v) is 4.14. The monoisotopic (exact) mass is 318 g/mol. The normalized spacial score (nSPS) is 11.4. The average molecular weight is 319 g/mol. The van der Waals surface area contributed by atoms with Gasteiger partial charge in [0.05, 0.1) is 5.75 Å². The van der Waals surface area contributed by atoms with Crippen LogP contribution in [0.5, 0.6) is 0 Å². The Morgan fingerprint density at radius 2 is 1.75 bits per heavy atom. The second kappa shape index (κ2) is 7.50. The molecule has 1 aromatic rings. The number of amides is 1. The molecule has 0 aliphatic heterocycles. The minimum absolute atomic E-state index is 0.0116. The first-order chi connectivity index (χ1) is 9.34. The largest absolute Gasteiger partial charge is 0.326 e. The number of hydrogen-bond acceptors (Lipinski definition) is 3. The summed E-state index contributed by atoms with van der Waals surface area (Å²) in [5, 5.41) is 2.73. The number of carbonyl (C=O) groups excluding carboxylic acids is 1. The fourth-order valence-corrected chi connectivity index (χ4v) is 2.80. The zero-order chi connectivity index (χ0) is 15.2. The van der Waals surface area contributed by atoms with Crippen LogP contribution in [0.25, 0.3) is 0 Å². The van der Waals surface area contributed by atoms with E-state index in [1.54, 1.807) is 38.1 Å². The van der Waals surface area contributed by atoms with Crippen molar-refractivity contribution in [1.82, 2.24) is 0 Å². The van der Waals surface area contributed by atoms with Gasteiger partial charge in [0.25, 0.3) is 0 Å². The summed E-state index contributed by atoms with van der Waals surface area (Å²) in [6, 6.07) is 6.52. The standard InChI is InChI=1S/C13H19ClN2O3S/c1-10(2)13(17)15-11-4-6-12(7-5-11)16-20(18,19)9-3-8-14/h4-7,10,16H,3,8-9H2,1-2H3,(H,15,17).